The van der Waals surface area contributed by atoms with Crippen LogP contribution in [0.3, 0.4) is 0 Å². The molecule has 0 heterocycles. The molecule has 19 heavy (non-hydrogen) atoms. The van der Waals surface area contributed by atoms with Crippen LogP contribution >= 0.6 is 0 Å². The Kier molecular flexibility index (Phi) is 5.82. The molecule has 1 aromatic rings. The lowest BCUT2D eigenvalue weighted by Gasteiger charge is -2.16. The topological polar surface area (TPSA) is 49.4 Å². The lowest BCUT2D eigenvalue weighted by Crippen LogP contribution is -2.22. The molecule has 0 aliphatic rings. The van der Waals surface area contributed by atoms with Gasteiger partial charge in [0.2, 0.25) is 10.0 Å². The highest BCUT2D eigenvalue weighted by atomic mass is 32.2. The lowest BCUT2D eigenvalue weighted by atomic mass is 10.0. The van der Waals surface area contributed by atoms with Gasteiger partial charge in [0.15, 0.2) is 0 Å². The van der Waals surface area contributed by atoms with Crippen LogP contribution in [0.15, 0.2) is 29.2 Å². The molecule has 1 rings (SSSR count). The molecule has 0 saturated heterocycles. The molecule has 0 amide bonds. The fraction of sp³-hybridized carbons (Fsp3) is 0.571. The molecule has 108 valence electrons. The number of sulfonamides is 1. The van der Waals surface area contributed by atoms with E-state index in [4.69, 9.17) is 0 Å². The number of nitrogens with zero attached hydrogens (tertiary/aromatic N) is 1. The summed E-state index contributed by atoms with van der Waals surface area (Å²) in [6, 6.07) is 6.98. The van der Waals surface area contributed by atoms with E-state index in [0.29, 0.717) is 10.8 Å². The van der Waals surface area contributed by atoms with Crippen molar-refractivity contribution in [2.45, 2.75) is 31.6 Å². The molecule has 1 aromatic carbocycles. The zero-order valence-corrected chi connectivity index (χ0v) is 13.0. The Labute approximate surface area is 116 Å². The molecule has 0 saturated carbocycles. The number of anilines is 1. The largest absolute Gasteiger partial charge is 0.385 e. The maximum atomic E-state index is 12.0. The lowest BCUT2D eigenvalue weighted by molar-refractivity contribution is 0.518. The summed E-state index contributed by atoms with van der Waals surface area (Å²) in [5.74, 6) is 0.620. The molecule has 0 spiro atoms. The second kappa shape index (κ2) is 6.91. The van der Waals surface area contributed by atoms with Crippen molar-refractivity contribution in [3.63, 3.8) is 0 Å². The summed E-state index contributed by atoms with van der Waals surface area (Å²) < 4.78 is 25.3. The van der Waals surface area contributed by atoms with Crippen LogP contribution in [0, 0.1) is 5.92 Å². The number of nitrogens with one attached hydrogen (secondary N) is 1. The van der Waals surface area contributed by atoms with Crippen molar-refractivity contribution in [1.82, 2.24) is 4.31 Å². The van der Waals surface area contributed by atoms with Gasteiger partial charge in [-0.05, 0) is 24.1 Å². The second-order valence-corrected chi connectivity index (χ2v) is 7.03. The molecule has 0 aromatic heterocycles. The van der Waals surface area contributed by atoms with E-state index >= 15 is 0 Å². The average Bonchev–Trinajstić information content (AvgIpc) is 2.40. The highest BCUT2D eigenvalue weighted by Crippen LogP contribution is 2.18. The first kappa shape index (κ1) is 16.0. The van der Waals surface area contributed by atoms with Gasteiger partial charge in [-0.2, -0.15) is 0 Å². The Hall–Kier alpha value is -1.07. The molecule has 0 aliphatic heterocycles. The van der Waals surface area contributed by atoms with E-state index in [2.05, 4.69) is 19.2 Å². The average molecular weight is 284 g/mol. The molecular formula is C14H24N2O2S. The zero-order valence-electron chi connectivity index (χ0n) is 12.2. The maximum Gasteiger partial charge on any atom is 0.242 e. The van der Waals surface area contributed by atoms with Crippen molar-refractivity contribution in [2.24, 2.45) is 5.92 Å². The molecule has 0 atom stereocenters. The van der Waals surface area contributed by atoms with Crippen molar-refractivity contribution in [3.8, 4) is 0 Å². The fourth-order valence-electron chi connectivity index (χ4n) is 1.82. The summed E-state index contributed by atoms with van der Waals surface area (Å²) in [5, 5.41) is 3.32. The van der Waals surface area contributed by atoms with Gasteiger partial charge in [0.05, 0.1) is 4.90 Å². The van der Waals surface area contributed by atoms with Crippen LogP contribution in [-0.4, -0.2) is 33.4 Å². The molecule has 0 aliphatic carbocycles. The number of benzene rings is 1. The van der Waals surface area contributed by atoms with E-state index in [1.54, 1.807) is 32.3 Å². The smallest absolute Gasteiger partial charge is 0.242 e. The predicted molar refractivity (Wildman–Crippen MR) is 79.9 cm³/mol. The third-order valence-corrected chi connectivity index (χ3v) is 5.17. The third kappa shape index (κ3) is 4.21. The van der Waals surface area contributed by atoms with Gasteiger partial charge < -0.3 is 5.32 Å². The molecule has 5 heteroatoms. The first-order chi connectivity index (χ1) is 8.91. The minimum absolute atomic E-state index is 0.326. The van der Waals surface area contributed by atoms with Crippen molar-refractivity contribution in [3.05, 3.63) is 24.3 Å². The first-order valence-corrected chi connectivity index (χ1v) is 8.12. The summed E-state index contributed by atoms with van der Waals surface area (Å²) in [6.07, 6.45) is 2.25. The Balaban J connectivity index is 2.84. The van der Waals surface area contributed by atoms with Gasteiger partial charge in [-0.3, -0.25) is 0 Å². The minimum atomic E-state index is -3.36. The van der Waals surface area contributed by atoms with Crippen molar-refractivity contribution >= 4 is 15.7 Å². The van der Waals surface area contributed by atoms with E-state index in [1.807, 2.05) is 6.07 Å². The Bertz CT molecular complexity index is 494. The number of hydrogen-bond donors (Lipinski definition) is 1. The molecule has 0 unspecified atom stereocenters. The van der Waals surface area contributed by atoms with Crippen LogP contribution in [0.5, 0.6) is 0 Å². The first-order valence-electron chi connectivity index (χ1n) is 6.68. The molecule has 1 N–H and O–H groups in total. The quantitative estimate of drug-likeness (QED) is 0.837. The van der Waals surface area contributed by atoms with Gasteiger partial charge in [-0.1, -0.05) is 32.8 Å². The van der Waals surface area contributed by atoms with E-state index in [-0.39, 0.29) is 0 Å². The molecule has 0 radical (unpaired) electrons. The monoisotopic (exact) mass is 284 g/mol. The highest BCUT2D eigenvalue weighted by Gasteiger charge is 2.17. The Morgan fingerprint density at radius 1 is 1.21 bits per heavy atom. The minimum Gasteiger partial charge on any atom is -0.385 e. The normalized spacial score (nSPS) is 12.1. The van der Waals surface area contributed by atoms with Gasteiger partial charge in [0.25, 0.3) is 0 Å². The van der Waals surface area contributed by atoms with Crippen LogP contribution in [-0.2, 0) is 10.0 Å². The van der Waals surface area contributed by atoms with E-state index in [1.165, 1.54) is 4.31 Å². The zero-order chi connectivity index (χ0) is 14.5. The van der Waals surface area contributed by atoms with E-state index in [0.717, 1.165) is 25.1 Å². The summed E-state index contributed by atoms with van der Waals surface area (Å²) in [7, 11) is -0.273. The van der Waals surface area contributed by atoms with Crippen LogP contribution < -0.4 is 5.32 Å². The highest BCUT2D eigenvalue weighted by molar-refractivity contribution is 7.89. The second-order valence-electron chi connectivity index (χ2n) is 4.88. The van der Waals surface area contributed by atoms with E-state index < -0.39 is 10.0 Å². The van der Waals surface area contributed by atoms with Gasteiger partial charge >= 0.3 is 0 Å². The number of hydrogen-bond acceptors (Lipinski definition) is 3. The van der Waals surface area contributed by atoms with Crippen LogP contribution in [0.4, 0.5) is 5.69 Å². The van der Waals surface area contributed by atoms with Crippen LogP contribution in [0.2, 0.25) is 0 Å². The van der Waals surface area contributed by atoms with Crippen molar-refractivity contribution in [1.29, 1.82) is 0 Å². The third-order valence-electron chi connectivity index (χ3n) is 3.36. The molecule has 4 nitrogen and oxygen atoms in total. The van der Waals surface area contributed by atoms with Gasteiger partial charge in [-0.25, -0.2) is 12.7 Å². The van der Waals surface area contributed by atoms with Crippen LogP contribution in [0.25, 0.3) is 0 Å². The SMILES string of the molecule is CCC(CC)CNc1cccc(S(=O)(=O)N(C)C)c1. The fourth-order valence-corrected chi connectivity index (χ4v) is 2.76. The predicted octanol–water partition coefficient (Wildman–Crippen LogP) is 2.79. The van der Waals surface area contributed by atoms with Gasteiger partial charge in [0, 0.05) is 26.3 Å². The van der Waals surface area contributed by atoms with Gasteiger partial charge in [0.1, 0.15) is 0 Å². The summed E-state index contributed by atoms with van der Waals surface area (Å²) in [5.41, 5.74) is 0.856. The summed E-state index contributed by atoms with van der Waals surface area (Å²) in [4.78, 5) is 0.326. The standard InChI is InChI=1S/C14H24N2O2S/c1-5-12(6-2)11-15-13-8-7-9-14(10-13)19(17,18)16(3)4/h7-10,12,15H,5-6,11H2,1-4H3. The maximum absolute atomic E-state index is 12.0. The van der Waals surface area contributed by atoms with Crippen molar-refractivity contribution < 1.29 is 8.42 Å². The summed E-state index contributed by atoms with van der Waals surface area (Å²) >= 11 is 0. The molecular weight excluding hydrogens is 260 g/mol. The van der Waals surface area contributed by atoms with Crippen LogP contribution in [0.1, 0.15) is 26.7 Å². The summed E-state index contributed by atoms with van der Waals surface area (Å²) in [6.45, 7) is 5.21. The van der Waals surface area contributed by atoms with Crippen molar-refractivity contribution in [2.75, 3.05) is 26.0 Å². The van der Waals surface area contributed by atoms with Gasteiger partial charge in [-0.15, -0.1) is 0 Å². The molecule has 0 fully saturated rings. The Morgan fingerprint density at radius 3 is 2.37 bits per heavy atom. The van der Waals surface area contributed by atoms with E-state index in [9.17, 15) is 8.42 Å². The Morgan fingerprint density at radius 2 is 1.84 bits per heavy atom. The number of rotatable bonds is 7. The molecule has 0 bridgehead atoms.